The van der Waals surface area contributed by atoms with Gasteiger partial charge in [-0.25, -0.2) is 4.79 Å². The van der Waals surface area contributed by atoms with E-state index in [0.717, 1.165) is 35.8 Å². The van der Waals surface area contributed by atoms with E-state index >= 15 is 0 Å². The average Bonchev–Trinajstić information content (AvgIpc) is 2.75. The van der Waals surface area contributed by atoms with Crippen LogP contribution < -0.4 is 17.0 Å². The molecule has 0 fully saturated rings. The highest BCUT2D eigenvalue weighted by atomic mass is 32.1. The first-order valence-corrected chi connectivity index (χ1v) is 7.45. The number of fused-ring (bicyclic) bond motifs is 3. The van der Waals surface area contributed by atoms with Crippen LogP contribution in [0.1, 0.15) is 29.7 Å². The Bertz CT molecular complexity index is 800. The normalized spacial score (nSPS) is 14.4. The summed E-state index contributed by atoms with van der Waals surface area (Å²) < 4.78 is 1.08. The summed E-state index contributed by atoms with van der Waals surface area (Å²) in [4.78, 5) is 39.9. The van der Waals surface area contributed by atoms with Gasteiger partial charge in [0.25, 0.3) is 5.56 Å². The van der Waals surface area contributed by atoms with E-state index in [1.54, 1.807) is 0 Å². The molecule has 1 aliphatic rings. The number of amides is 1. The van der Waals surface area contributed by atoms with Gasteiger partial charge in [-0.05, 0) is 31.2 Å². The number of thiophene rings is 1. The number of nitrogens with zero attached hydrogens (tertiary/aromatic N) is 1. The van der Waals surface area contributed by atoms with Crippen LogP contribution in [0.3, 0.4) is 0 Å². The van der Waals surface area contributed by atoms with Gasteiger partial charge >= 0.3 is 5.69 Å². The lowest BCUT2D eigenvalue weighted by Crippen LogP contribution is -2.36. The quantitative estimate of drug-likeness (QED) is 0.862. The molecule has 2 aromatic rings. The molecule has 1 aliphatic carbocycles. The van der Waals surface area contributed by atoms with Crippen molar-refractivity contribution in [2.75, 3.05) is 0 Å². The standard InChI is InChI=1S/C13H15N3O3S/c14-9(17)5-6-16-12(18)10-7-3-1-2-4-8(7)20-11(10)15-13(16)19/h1-6H2,(H2,14,17)(H,15,19). The van der Waals surface area contributed by atoms with Gasteiger partial charge in [-0.15, -0.1) is 11.3 Å². The van der Waals surface area contributed by atoms with E-state index in [1.807, 2.05) is 0 Å². The fraction of sp³-hybridized carbons (Fsp3) is 0.462. The van der Waals surface area contributed by atoms with Crippen molar-refractivity contribution in [2.45, 2.75) is 38.6 Å². The molecule has 0 saturated heterocycles. The molecule has 0 aromatic carbocycles. The molecule has 0 bridgehead atoms. The maximum Gasteiger partial charge on any atom is 0.329 e. The summed E-state index contributed by atoms with van der Waals surface area (Å²) in [5, 5.41) is 0.619. The third kappa shape index (κ3) is 2.07. The fourth-order valence-electron chi connectivity index (χ4n) is 2.70. The molecule has 20 heavy (non-hydrogen) atoms. The van der Waals surface area contributed by atoms with E-state index in [0.29, 0.717) is 10.2 Å². The zero-order valence-corrected chi connectivity index (χ0v) is 11.7. The zero-order chi connectivity index (χ0) is 14.3. The Balaban J connectivity index is 2.20. The lowest BCUT2D eigenvalue weighted by Gasteiger charge is -2.10. The average molecular weight is 293 g/mol. The van der Waals surface area contributed by atoms with E-state index in [1.165, 1.54) is 16.2 Å². The Hall–Kier alpha value is -1.89. The van der Waals surface area contributed by atoms with Crippen LogP contribution in [-0.2, 0) is 24.2 Å². The van der Waals surface area contributed by atoms with Gasteiger partial charge in [0.15, 0.2) is 0 Å². The summed E-state index contributed by atoms with van der Waals surface area (Å²) in [6.45, 7) is 0.0318. The predicted molar refractivity (Wildman–Crippen MR) is 77.2 cm³/mol. The second kappa shape index (κ2) is 4.90. The molecular weight excluding hydrogens is 278 g/mol. The number of aromatic nitrogens is 2. The molecule has 0 saturated carbocycles. The SMILES string of the molecule is NC(=O)CCn1c(=O)[nH]c2sc3c(c2c1=O)CCCC3. The predicted octanol–water partition coefficient (Wildman–Crippen LogP) is 0.505. The van der Waals surface area contributed by atoms with Crippen LogP contribution in [-0.4, -0.2) is 15.5 Å². The van der Waals surface area contributed by atoms with Gasteiger partial charge in [-0.2, -0.15) is 0 Å². The van der Waals surface area contributed by atoms with Crippen LogP contribution in [0.5, 0.6) is 0 Å². The van der Waals surface area contributed by atoms with Crippen LogP contribution in [0.4, 0.5) is 0 Å². The molecule has 7 heteroatoms. The van der Waals surface area contributed by atoms with Gasteiger partial charge in [0, 0.05) is 17.8 Å². The number of rotatable bonds is 3. The van der Waals surface area contributed by atoms with Crippen molar-refractivity contribution in [1.82, 2.24) is 9.55 Å². The Morgan fingerprint density at radius 1 is 1.30 bits per heavy atom. The Labute approximate surface area is 118 Å². The maximum atomic E-state index is 12.5. The highest BCUT2D eigenvalue weighted by Crippen LogP contribution is 2.32. The molecular formula is C13H15N3O3S. The third-order valence-electron chi connectivity index (χ3n) is 3.68. The summed E-state index contributed by atoms with van der Waals surface area (Å²) in [6.07, 6.45) is 4.03. The molecule has 2 aromatic heterocycles. The molecule has 0 atom stereocenters. The van der Waals surface area contributed by atoms with E-state index < -0.39 is 11.6 Å². The van der Waals surface area contributed by atoms with Crippen LogP contribution in [0, 0.1) is 0 Å². The van der Waals surface area contributed by atoms with Gasteiger partial charge < -0.3 is 5.73 Å². The van der Waals surface area contributed by atoms with Crippen molar-refractivity contribution < 1.29 is 4.79 Å². The van der Waals surface area contributed by atoms with Crippen molar-refractivity contribution in [3.8, 4) is 0 Å². The van der Waals surface area contributed by atoms with Crippen molar-refractivity contribution in [3.05, 3.63) is 31.3 Å². The summed E-state index contributed by atoms with van der Waals surface area (Å²) in [7, 11) is 0. The monoisotopic (exact) mass is 293 g/mol. The second-order valence-corrected chi connectivity index (χ2v) is 6.12. The lowest BCUT2D eigenvalue weighted by molar-refractivity contribution is -0.118. The number of carbonyl (C=O) groups is 1. The van der Waals surface area contributed by atoms with Crippen LogP contribution in [0.15, 0.2) is 9.59 Å². The number of aromatic amines is 1. The third-order valence-corrected chi connectivity index (χ3v) is 4.88. The van der Waals surface area contributed by atoms with Gasteiger partial charge in [-0.3, -0.25) is 19.1 Å². The molecule has 0 radical (unpaired) electrons. The minimum absolute atomic E-state index is 0.0131. The summed E-state index contributed by atoms with van der Waals surface area (Å²) in [6, 6.07) is 0. The number of hydrogen-bond acceptors (Lipinski definition) is 4. The molecule has 3 N–H and O–H groups in total. The molecule has 106 valence electrons. The van der Waals surface area contributed by atoms with Gasteiger partial charge in [-0.1, -0.05) is 0 Å². The highest BCUT2D eigenvalue weighted by Gasteiger charge is 2.20. The topological polar surface area (TPSA) is 97.9 Å². The summed E-state index contributed by atoms with van der Waals surface area (Å²) >= 11 is 1.50. The minimum Gasteiger partial charge on any atom is -0.370 e. The van der Waals surface area contributed by atoms with Gasteiger partial charge in [0.1, 0.15) is 4.83 Å². The van der Waals surface area contributed by atoms with Crippen LogP contribution in [0.2, 0.25) is 0 Å². The minimum atomic E-state index is -0.524. The molecule has 2 heterocycles. The zero-order valence-electron chi connectivity index (χ0n) is 10.9. The van der Waals surface area contributed by atoms with Gasteiger partial charge in [0.2, 0.25) is 5.91 Å². The molecule has 0 aliphatic heterocycles. The van der Waals surface area contributed by atoms with Crippen molar-refractivity contribution >= 4 is 27.5 Å². The summed E-state index contributed by atoms with van der Waals surface area (Å²) in [5.41, 5.74) is 5.38. The Morgan fingerprint density at radius 3 is 2.80 bits per heavy atom. The van der Waals surface area contributed by atoms with E-state index in [-0.39, 0.29) is 18.5 Å². The lowest BCUT2D eigenvalue weighted by atomic mass is 9.97. The molecule has 0 spiro atoms. The van der Waals surface area contributed by atoms with Crippen LogP contribution >= 0.6 is 11.3 Å². The first kappa shape index (κ1) is 13.1. The van der Waals surface area contributed by atoms with Crippen LogP contribution in [0.25, 0.3) is 10.2 Å². The maximum absolute atomic E-state index is 12.5. The smallest absolute Gasteiger partial charge is 0.329 e. The first-order valence-electron chi connectivity index (χ1n) is 6.63. The Morgan fingerprint density at radius 2 is 2.05 bits per heavy atom. The number of hydrogen-bond donors (Lipinski definition) is 2. The van der Waals surface area contributed by atoms with E-state index in [9.17, 15) is 14.4 Å². The van der Waals surface area contributed by atoms with Crippen molar-refractivity contribution in [2.24, 2.45) is 5.73 Å². The molecule has 1 amide bonds. The highest BCUT2D eigenvalue weighted by molar-refractivity contribution is 7.18. The number of nitrogens with one attached hydrogen (secondary N) is 1. The van der Waals surface area contributed by atoms with Crippen molar-refractivity contribution in [3.63, 3.8) is 0 Å². The number of carbonyl (C=O) groups excluding carboxylic acids is 1. The molecule has 3 rings (SSSR count). The first-order chi connectivity index (χ1) is 9.58. The largest absolute Gasteiger partial charge is 0.370 e. The number of nitrogens with two attached hydrogens (primary N) is 1. The van der Waals surface area contributed by atoms with Crippen molar-refractivity contribution in [1.29, 1.82) is 0 Å². The number of primary amides is 1. The molecule has 0 unspecified atom stereocenters. The fourth-order valence-corrected chi connectivity index (χ4v) is 3.97. The second-order valence-electron chi connectivity index (χ2n) is 5.02. The number of H-pyrrole nitrogens is 1. The summed E-state index contributed by atoms with van der Waals surface area (Å²) in [5.74, 6) is -0.524. The van der Waals surface area contributed by atoms with E-state index in [2.05, 4.69) is 4.98 Å². The van der Waals surface area contributed by atoms with E-state index in [4.69, 9.17) is 5.73 Å². The molecule has 6 nitrogen and oxygen atoms in total. The van der Waals surface area contributed by atoms with Gasteiger partial charge in [0.05, 0.1) is 5.39 Å². The number of aryl methyl sites for hydroxylation is 2. The Kier molecular flexibility index (Phi) is 3.21.